The molecule has 1 aliphatic heterocycles. The van der Waals surface area contributed by atoms with E-state index in [2.05, 4.69) is 42.1 Å². The summed E-state index contributed by atoms with van der Waals surface area (Å²) in [5.74, 6) is -0.0000718. The Hall–Kier alpha value is -0.430. The van der Waals surface area contributed by atoms with Crippen molar-refractivity contribution in [2.24, 2.45) is 0 Å². The summed E-state index contributed by atoms with van der Waals surface area (Å²) in [5.41, 5.74) is 0.788. The average molecular weight is 378 g/mol. The summed E-state index contributed by atoms with van der Waals surface area (Å²) in [4.78, 5) is 14.0. The van der Waals surface area contributed by atoms with Crippen LogP contribution in [0.5, 0.6) is 0 Å². The van der Waals surface area contributed by atoms with Crippen LogP contribution in [0.2, 0.25) is 0 Å². The smallest absolute Gasteiger partial charge is 0.238 e. The van der Waals surface area contributed by atoms with Crippen molar-refractivity contribution in [3.63, 3.8) is 0 Å². The number of rotatable bonds is 3. The van der Waals surface area contributed by atoms with E-state index in [0.29, 0.717) is 19.8 Å². The van der Waals surface area contributed by atoms with Gasteiger partial charge < -0.3 is 10.1 Å². The molecule has 2 rings (SSSR count). The standard InChI is InChI=1S/C12H14Br2N2O2/c13-9-1-2-11(10(14)7-9)15-12(17)8-16-3-5-18-6-4-16/h1-2,7H,3-6,8H2,(H,15,17). The minimum absolute atomic E-state index is 0.0000718. The summed E-state index contributed by atoms with van der Waals surface area (Å²) in [5, 5.41) is 2.90. The summed E-state index contributed by atoms with van der Waals surface area (Å²) in [6.07, 6.45) is 0. The maximum absolute atomic E-state index is 11.9. The lowest BCUT2D eigenvalue weighted by Gasteiger charge is -2.25. The molecule has 0 unspecified atom stereocenters. The van der Waals surface area contributed by atoms with Crippen LogP contribution in [-0.2, 0) is 9.53 Å². The topological polar surface area (TPSA) is 41.6 Å². The number of nitrogens with one attached hydrogen (secondary N) is 1. The molecule has 0 bridgehead atoms. The second kappa shape index (κ2) is 6.65. The van der Waals surface area contributed by atoms with Gasteiger partial charge >= 0.3 is 0 Å². The highest BCUT2D eigenvalue weighted by atomic mass is 79.9. The fraction of sp³-hybridized carbons (Fsp3) is 0.417. The van der Waals surface area contributed by atoms with E-state index in [9.17, 15) is 4.79 Å². The first-order valence-electron chi connectivity index (χ1n) is 5.70. The molecule has 1 aromatic rings. The summed E-state index contributed by atoms with van der Waals surface area (Å²) < 4.78 is 7.09. The van der Waals surface area contributed by atoms with Crippen molar-refractivity contribution < 1.29 is 9.53 Å². The van der Waals surface area contributed by atoms with Gasteiger partial charge in [0, 0.05) is 22.0 Å². The molecule has 0 aliphatic carbocycles. The van der Waals surface area contributed by atoms with Gasteiger partial charge in [0.05, 0.1) is 25.4 Å². The predicted molar refractivity (Wildman–Crippen MR) is 77.7 cm³/mol. The monoisotopic (exact) mass is 376 g/mol. The zero-order valence-corrected chi connectivity index (χ0v) is 13.0. The van der Waals surface area contributed by atoms with Gasteiger partial charge in [-0.2, -0.15) is 0 Å². The van der Waals surface area contributed by atoms with E-state index in [-0.39, 0.29) is 5.91 Å². The molecule has 18 heavy (non-hydrogen) atoms. The molecule has 1 heterocycles. The third-order valence-corrected chi connectivity index (χ3v) is 3.83. The van der Waals surface area contributed by atoms with E-state index in [4.69, 9.17) is 4.74 Å². The van der Waals surface area contributed by atoms with Gasteiger partial charge in [-0.25, -0.2) is 0 Å². The van der Waals surface area contributed by atoms with Gasteiger partial charge in [0.1, 0.15) is 0 Å². The summed E-state index contributed by atoms with van der Waals surface area (Å²) in [6, 6.07) is 5.67. The van der Waals surface area contributed by atoms with Gasteiger partial charge in [-0.05, 0) is 34.1 Å². The van der Waals surface area contributed by atoms with E-state index in [0.717, 1.165) is 27.7 Å². The normalized spacial score (nSPS) is 16.6. The maximum atomic E-state index is 11.9. The van der Waals surface area contributed by atoms with Crippen molar-refractivity contribution in [2.45, 2.75) is 0 Å². The molecule has 0 saturated carbocycles. The SMILES string of the molecule is O=C(CN1CCOCC1)Nc1ccc(Br)cc1Br. The number of anilines is 1. The van der Waals surface area contributed by atoms with Crippen LogP contribution in [0, 0.1) is 0 Å². The molecule has 0 radical (unpaired) electrons. The number of carbonyl (C=O) groups is 1. The predicted octanol–water partition coefficient (Wildman–Crippen LogP) is 2.48. The molecule has 4 nitrogen and oxygen atoms in total. The van der Waals surface area contributed by atoms with Crippen LogP contribution in [0.4, 0.5) is 5.69 Å². The van der Waals surface area contributed by atoms with Crippen molar-refractivity contribution in [3.8, 4) is 0 Å². The molecule has 6 heteroatoms. The number of ether oxygens (including phenoxy) is 1. The van der Waals surface area contributed by atoms with Crippen LogP contribution in [0.15, 0.2) is 27.1 Å². The van der Waals surface area contributed by atoms with E-state index in [1.54, 1.807) is 0 Å². The summed E-state index contributed by atoms with van der Waals surface area (Å²) in [7, 11) is 0. The molecule has 1 aliphatic rings. The van der Waals surface area contributed by atoms with E-state index in [1.807, 2.05) is 18.2 Å². The number of amides is 1. The highest BCUT2D eigenvalue weighted by molar-refractivity contribution is 9.11. The molecule has 0 atom stereocenters. The number of halogens is 2. The Morgan fingerprint density at radius 3 is 2.72 bits per heavy atom. The highest BCUT2D eigenvalue weighted by Gasteiger charge is 2.14. The lowest BCUT2D eigenvalue weighted by Crippen LogP contribution is -2.41. The maximum Gasteiger partial charge on any atom is 0.238 e. The number of benzene rings is 1. The first-order valence-corrected chi connectivity index (χ1v) is 7.29. The van der Waals surface area contributed by atoms with Crippen molar-refractivity contribution in [2.75, 3.05) is 38.2 Å². The molecule has 1 N–H and O–H groups in total. The molecule has 1 amide bonds. The third kappa shape index (κ3) is 4.05. The van der Waals surface area contributed by atoms with Gasteiger partial charge in [0.25, 0.3) is 0 Å². The zero-order chi connectivity index (χ0) is 13.0. The molecule has 1 fully saturated rings. The minimum atomic E-state index is -0.0000718. The van der Waals surface area contributed by atoms with Crippen molar-refractivity contribution in [3.05, 3.63) is 27.1 Å². The fourth-order valence-electron chi connectivity index (χ4n) is 1.74. The first-order chi connectivity index (χ1) is 8.65. The zero-order valence-electron chi connectivity index (χ0n) is 9.79. The van der Waals surface area contributed by atoms with Gasteiger partial charge in [0.15, 0.2) is 0 Å². The Bertz CT molecular complexity index is 434. The lowest BCUT2D eigenvalue weighted by molar-refractivity contribution is -0.118. The molecular formula is C12H14Br2N2O2. The van der Waals surface area contributed by atoms with Gasteiger partial charge in [-0.3, -0.25) is 9.69 Å². The molecule has 0 aromatic heterocycles. The quantitative estimate of drug-likeness (QED) is 0.879. The van der Waals surface area contributed by atoms with Gasteiger partial charge in [-0.1, -0.05) is 15.9 Å². The van der Waals surface area contributed by atoms with Crippen LogP contribution in [0.25, 0.3) is 0 Å². The van der Waals surface area contributed by atoms with E-state index < -0.39 is 0 Å². The van der Waals surface area contributed by atoms with Crippen LogP contribution >= 0.6 is 31.9 Å². The Morgan fingerprint density at radius 2 is 2.06 bits per heavy atom. The van der Waals surface area contributed by atoms with E-state index >= 15 is 0 Å². The minimum Gasteiger partial charge on any atom is -0.379 e. The largest absolute Gasteiger partial charge is 0.379 e. The number of morpholine rings is 1. The van der Waals surface area contributed by atoms with Crippen LogP contribution in [0.3, 0.4) is 0 Å². The molecule has 0 spiro atoms. The van der Waals surface area contributed by atoms with Gasteiger partial charge in [0.2, 0.25) is 5.91 Å². The Morgan fingerprint density at radius 1 is 1.33 bits per heavy atom. The van der Waals surface area contributed by atoms with Crippen molar-refractivity contribution >= 4 is 43.5 Å². The Balaban J connectivity index is 1.90. The fourth-order valence-corrected chi connectivity index (χ4v) is 2.89. The lowest BCUT2D eigenvalue weighted by atomic mass is 10.3. The summed E-state index contributed by atoms with van der Waals surface area (Å²) in [6.45, 7) is 3.44. The van der Waals surface area contributed by atoms with Crippen LogP contribution in [0.1, 0.15) is 0 Å². The molecular weight excluding hydrogens is 364 g/mol. The Kier molecular flexibility index (Phi) is 5.17. The molecule has 98 valence electrons. The molecule has 1 aromatic carbocycles. The van der Waals surface area contributed by atoms with Gasteiger partial charge in [-0.15, -0.1) is 0 Å². The number of nitrogens with zero attached hydrogens (tertiary/aromatic N) is 1. The van der Waals surface area contributed by atoms with Crippen LogP contribution in [-0.4, -0.2) is 43.7 Å². The Labute approximate surface area is 123 Å². The first kappa shape index (κ1) is 14.0. The average Bonchev–Trinajstić information content (AvgIpc) is 2.34. The summed E-state index contributed by atoms with van der Waals surface area (Å²) >= 11 is 6.80. The van der Waals surface area contributed by atoms with Crippen LogP contribution < -0.4 is 5.32 Å². The second-order valence-corrected chi connectivity index (χ2v) is 5.83. The number of hydrogen-bond acceptors (Lipinski definition) is 3. The second-order valence-electron chi connectivity index (χ2n) is 4.06. The molecule has 1 saturated heterocycles. The number of carbonyl (C=O) groups excluding carboxylic acids is 1. The van der Waals surface area contributed by atoms with E-state index in [1.165, 1.54) is 0 Å². The number of hydrogen-bond donors (Lipinski definition) is 1. The third-order valence-electron chi connectivity index (χ3n) is 2.68. The van der Waals surface area contributed by atoms with Crippen molar-refractivity contribution in [1.29, 1.82) is 0 Å². The highest BCUT2D eigenvalue weighted by Crippen LogP contribution is 2.26. The van der Waals surface area contributed by atoms with Crippen molar-refractivity contribution in [1.82, 2.24) is 4.90 Å².